The van der Waals surface area contributed by atoms with Crippen molar-refractivity contribution in [3.8, 4) is 11.5 Å². The minimum atomic E-state index is -2.39. The first-order valence-electron chi connectivity index (χ1n) is 13.3. The molecule has 210 valence electrons. The lowest BCUT2D eigenvalue weighted by molar-refractivity contribution is 0.317. The third-order valence-electron chi connectivity index (χ3n) is 6.64. The first-order valence-corrected chi connectivity index (χ1v) is 16.0. The second-order valence-electron chi connectivity index (χ2n) is 9.43. The third kappa shape index (κ3) is 8.69. The van der Waals surface area contributed by atoms with E-state index in [-0.39, 0.29) is 23.3 Å². The summed E-state index contributed by atoms with van der Waals surface area (Å²) >= 11 is 0. The molecule has 6 nitrogen and oxygen atoms in total. The molecule has 0 N–H and O–H groups in total. The normalized spacial score (nSPS) is 12.8. The van der Waals surface area contributed by atoms with E-state index in [4.69, 9.17) is 9.47 Å². The lowest BCUT2D eigenvalue weighted by Gasteiger charge is -2.30. The lowest BCUT2D eigenvalue weighted by atomic mass is 9.74. The van der Waals surface area contributed by atoms with Crippen molar-refractivity contribution in [3.63, 3.8) is 0 Å². The van der Waals surface area contributed by atoms with Gasteiger partial charge in [0.05, 0.1) is 24.7 Å². The summed E-state index contributed by atoms with van der Waals surface area (Å²) in [4.78, 5) is 0. The molecular weight excluding hydrogens is 544 g/mol. The molecule has 40 heavy (non-hydrogen) atoms. The second kappa shape index (κ2) is 15.2. The zero-order valence-corrected chi connectivity index (χ0v) is 23.9. The molecule has 4 aromatic rings. The summed E-state index contributed by atoms with van der Waals surface area (Å²) in [6, 6.07) is 36.9. The van der Waals surface area contributed by atoms with Gasteiger partial charge in [0, 0.05) is 11.8 Å². The van der Waals surface area contributed by atoms with Crippen LogP contribution in [0.3, 0.4) is 0 Å². The van der Waals surface area contributed by atoms with Crippen molar-refractivity contribution in [2.24, 2.45) is 0 Å². The van der Waals surface area contributed by atoms with Crippen molar-refractivity contribution < 1.29 is 26.3 Å². The maximum atomic E-state index is 10.8. The van der Waals surface area contributed by atoms with Crippen molar-refractivity contribution in [1.82, 2.24) is 0 Å². The lowest BCUT2D eigenvalue weighted by Crippen LogP contribution is -2.15. The topological polar surface area (TPSA) is 86.7 Å². The van der Waals surface area contributed by atoms with Gasteiger partial charge in [-0.05, 0) is 59.4 Å². The maximum Gasteiger partial charge on any atom is 0.140 e. The maximum absolute atomic E-state index is 10.8. The van der Waals surface area contributed by atoms with Gasteiger partial charge >= 0.3 is 0 Å². The fraction of sp³-hybridized carbons (Fsp3) is 0.250. The molecule has 0 aliphatic carbocycles. The Morgan fingerprint density at radius 2 is 0.775 bits per heavy atom. The minimum Gasteiger partial charge on any atom is -0.494 e. The van der Waals surface area contributed by atoms with Crippen molar-refractivity contribution >= 4 is 21.4 Å². The van der Waals surface area contributed by atoms with Gasteiger partial charge in [-0.25, -0.2) is 16.8 Å². The molecule has 0 amide bonds. The molecule has 2 atom stereocenters. The minimum absolute atomic E-state index is 0.00209. The molecule has 0 fully saturated rings. The SMILES string of the molecule is O=[SH](=O)CCCOc1ccc(C(c2ccccc2)C(c2ccccc2)c2ccc(OCCC[SH](=O)=O)cc2)cc1. The van der Waals surface area contributed by atoms with Gasteiger partial charge in [0.25, 0.3) is 0 Å². The van der Waals surface area contributed by atoms with Crippen LogP contribution in [-0.4, -0.2) is 41.6 Å². The van der Waals surface area contributed by atoms with E-state index in [1.54, 1.807) is 0 Å². The van der Waals surface area contributed by atoms with Gasteiger partial charge in [-0.1, -0.05) is 84.9 Å². The van der Waals surface area contributed by atoms with Crippen LogP contribution in [0.15, 0.2) is 109 Å². The fourth-order valence-electron chi connectivity index (χ4n) is 4.79. The summed E-state index contributed by atoms with van der Waals surface area (Å²) in [5, 5.41) is 0. The number of rotatable bonds is 15. The van der Waals surface area contributed by atoms with E-state index >= 15 is 0 Å². The summed E-state index contributed by atoms with van der Waals surface area (Å²) in [5.41, 5.74) is 4.61. The van der Waals surface area contributed by atoms with E-state index in [0.717, 1.165) is 11.1 Å². The van der Waals surface area contributed by atoms with E-state index in [1.807, 2.05) is 36.4 Å². The summed E-state index contributed by atoms with van der Waals surface area (Å²) < 4.78 is 54.8. The summed E-state index contributed by atoms with van der Waals surface area (Å²) in [7, 11) is -4.78. The molecule has 0 saturated carbocycles. The molecule has 0 saturated heterocycles. The predicted molar refractivity (Wildman–Crippen MR) is 160 cm³/mol. The average Bonchev–Trinajstić information content (AvgIpc) is 2.98. The standard InChI is InChI=1S/C32H34O6S2/c33-39(34)23-7-21-37-29-17-13-27(14-18-29)31(25-9-3-1-4-10-25)32(26-11-5-2-6-12-26)28-15-19-30(20-16-28)38-22-8-24-40(35)36/h1-6,9-20,31-32,39-40H,7-8,21-24H2. The Morgan fingerprint density at radius 3 is 1.10 bits per heavy atom. The molecule has 8 heteroatoms. The van der Waals surface area contributed by atoms with Crippen LogP contribution in [0.2, 0.25) is 0 Å². The highest BCUT2D eigenvalue weighted by atomic mass is 32.2. The van der Waals surface area contributed by atoms with Crippen molar-refractivity contribution in [1.29, 1.82) is 0 Å². The summed E-state index contributed by atoms with van der Waals surface area (Å²) in [6.07, 6.45) is 0.920. The first-order chi connectivity index (χ1) is 19.5. The van der Waals surface area contributed by atoms with Crippen LogP contribution < -0.4 is 9.47 Å². The molecule has 0 heterocycles. The number of thiol groups is 2. The molecule has 0 aliphatic heterocycles. The van der Waals surface area contributed by atoms with Crippen LogP contribution >= 0.6 is 0 Å². The number of ether oxygens (including phenoxy) is 2. The van der Waals surface area contributed by atoms with Gasteiger partial charge in [0.15, 0.2) is 0 Å². The smallest absolute Gasteiger partial charge is 0.140 e. The first kappa shape index (κ1) is 29.4. The Kier molecular flexibility index (Phi) is 11.2. The Bertz CT molecular complexity index is 1330. The van der Waals surface area contributed by atoms with Crippen LogP contribution in [-0.2, 0) is 21.4 Å². The fourth-order valence-corrected chi connectivity index (χ4v) is 5.56. The van der Waals surface area contributed by atoms with Gasteiger partial charge in [-0.3, -0.25) is 0 Å². The zero-order chi connectivity index (χ0) is 28.2. The van der Waals surface area contributed by atoms with E-state index < -0.39 is 21.4 Å². The largest absolute Gasteiger partial charge is 0.494 e. The van der Waals surface area contributed by atoms with E-state index in [9.17, 15) is 16.8 Å². The van der Waals surface area contributed by atoms with Crippen LogP contribution in [0, 0.1) is 0 Å². The highest BCUT2D eigenvalue weighted by molar-refractivity contribution is 7.72. The predicted octanol–water partition coefficient (Wildman–Crippen LogP) is 5.41. The summed E-state index contributed by atoms with van der Waals surface area (Å²) in [6.45, 7) is 0.697. The highest BCUT2D eigenvalue weighted by Gasteiger charge is 2.28. The quantitative estimate of drug-likeness (QED) is 0.145. The number of hydrogen-bond donors (Lipinski definition) is 2. The molecule has 4 rings (SSSR count). The molecule has 0 spiro atoms. The second-order valence-corrected chi connectivity index (χ2v) is 11.7. The van der Waals surface area contributed by atoms with Gasteiger partial charge in [-0.15, -0.1) is 0 Å². The Hall–Kier alpha value is -3.62. The summed E-state index contributed by atoms with van der Waals surface area (Å²) in [5.74, 6) is 1.65. The van der Waals surface area contributed by atoms with Gasteiger partial charge in [0.2, 0.25) is 0 Å². The van der Waals surface area contributed by atoms with Crippen LogP contribution in [0.4, 0.5) is 0 Å². The Morgan fingerprint density at radius 1 is 0.450 bits per heavy atom. The molecule has 0 radical (unpaired) electrons. The molecular formula is C32H34O6S2. The molecule has 0 aliphatic rings. The van der Waals surface area contributed by atoms with Crippen molar-refractivity contribution in [3.05, 3.63) is 131 Å². The molecule has 0 bridgehead atoms. The van der Waals surface area contributed by atoms with Gasteiger partial charge in [0.1, 0.15) is 32.9 Å². The molecule has 2 unspecified atom stereocenters. The molecule has 0 aromatic heterocycles. The van der Waals surface area contributed by atoms with E-state index in [1.165, 1.54) is 11.1 Å². The van der Waals surface area contributed by atoms with Crippen LogP contribution in [0.25, 0.3) is 0 Å². The monoisotopic (exact) mass is 578 g/mol. The Labute approximate surface area is 239 Å². The number of benzene rings is 4. The third-order valence-corrected chi connectivity index (χ3v) is 8.00. The molecule has 4 aromatic carbocycles. The van der Waals surface area contributed by atoms with E-state index in [0.29, 0.717) is 37.6 Å². The van der Waals surface area contributed by atoms with Crippen LogP contribution in [0.1, 0.15) is 46.9 Å². The van der Waals surface area contributed by atoms with Crippen LogP contribution in [0.5, 0.6) is 11.5 Å². The van der Waals surface area contributed by atoms with E-state index in [2.05, 4.69) is 72.8 Å². The van der Waals surface area contributed by atoms with Crippen molar-refractivity contribution in [2.45, 2.75) is 24.7 Å². The van der Waals surface area contributed by atoms with Gasteiger partial charge < -0.3 is 9.47 Å². The highest BCUT2D eigenvalue weighted by Crippen LogP contribution is 2.43. The average molecular weight is 579 g/mol. The van der Waals surface area contributed by atoms with Gasteiger partial charge in [-0.2, -0.15) is 0 Å². The zero-order valence-electron chi connectivity index (χ0n) is 22.1. The number of hydrogen-bond acceptors (Lipinski definition) is 6. The Balaban J connectivity index is 1.64. The van der Waals surface area contributed by atoms with Crippen molar-refractivity contribution in [2.75, 3.05) is 24.7 Å².